The Morgan fingerprint density at radius 1 is 0.947 bits per heavy atom. The number of amides is 2. The van der Waals surface area contributed by atoms with Crippen LogP contribution in [-0.4, -0.2) is 53.1 Å². The summed E-state index contributed by atoms with van der Waals surface area (Å²) in [4.78, 5) is 26.3. The minimum absolute atomic E-state index is 0.208. The smallest absolute Gasteiger partial charge is 0.407 e. The summed E-state index contributed by atoms with van der Waals surface area (Å²) in [7, 11) is 0. The zero-order valence-corrected chi connectivity index (χ0v) is 11.5. The lowest BCUT2D eigenvalue weighted by Gasteiger charge is -2.21. The molecule has 2 amide bonds. The second-order valence-electron chi connectivity index (χ2n) is 5.69. The van der Waals surface area contributed by atoms with Gasteiger partial charge in [-0.3, -0.25) is 4.79 Å². The van der Waals surface area contributed by atoms with Crippen molar-refractivity contribution in [1.29, 1.82) is 0 Å². The molecular formula is C14H24N2O3. The summed E-state index contributed by atoms with van der Waals surface area (Å²) in [6.07, 6.45) is 6.71. The van der Waals surface area contributed by atoms with Crippen molar-refractivity contribution in [2.24, 2.45) is 5.92 Å². The number of carboxylic acid groups (broad SMARTS) is 1. The molecule has 1 N–H and O–H groups in total. The summed E-state index contributed by atoms with van der Waals surface area (Å²) < 4.78 is 0. The van der Waals surface area contributed by atoms with Gasteiger partial charge < -0.3 is 14.9 Å². The minimum Gasteiger partial charge on any atom is -0.465 e. The Balaban J connectivity index is 1.74. The summed E-state index contributed by atoms with van der Waals surface area (Å²) in [6.45, 7) is 2.25. The molecule has 1 aliphatic carbocycles. The summed E-state index contributed by atoms with van der Waals surface area (Å²) in [6, 6.07) is 0. The largest absolute Gasteiger partial charge is 0.465 e. The van der Waals surface area contributed by atoms with Crippen LogP contribution < -0.4 is 0 Å². The van der Waals surface area contributed by atoms with Gasteiger partial charge in [0.1, 0.15) is 0 Å². The molecule has 2 aliphatic rings. The van der Waals surface area contributed by atoms with E-state index in [1.54, 1.807) is 0 Å². The Kier molecular flexibility index (Phi) is 5.05. The van der Waals surface area contributed by atoms with E-state index in [0.717, 1.165) is 18.8 Å². The monoisotopic (exact) mass is 268 g/mol. The molecule has 0 aromatic heterocycles. The molecule has 5 nitrogen and oxygen atoms in total. The van der Waals surface area contributed by atoms with E-state index in [2.05, 4.69) is 0 Å². The van der Waals surface area contributed by atoms with Crippen molar-refractivity contribution in [3.05, 3.63) is 0 Å². The van der Waals surface area contributed by atoms with Gasteiger partial charge in [-0.15, -0.1) is 0 Å². The van der Waals surface area contributed by atoms with Crippen LogP contribution in [0.15, 0.2) is 0 Å². The predicted molar refractivity (Wildman–Crippen MR) is 72.0 cm³/mol. The zero-order chi connectivity index (χ0) is 13.7. The summed E-state index contributed by atoms with van der Waals surface area (Å²) >= 11 is 0. The van der Waals surface area contributed by atoms with Crippen molar-refractivity contribution in [3.63, 3.8) is 0 Å². The van der Waals surface area contributed by atoms with E-state index in [-0.39, 0.29) is 5.91 Å². The highest BCUT2D eigenvalue weighted by molar-refractivity contribution is 5.76. The van der Waals surface area contributed by atoms with Gasteiger partial charge in [0.2, 0.25) is 5.91 Å². The van der Waals surface area contributed by atoms with Gasteiger partial charge in [-0.25, -0.2) is 4.79 Å². The maximum absolute atomic E-state index is 12.1. The lowest BCUT2D eigenvalue weighted by molar-refractivity contribution is -0.131. The van der Waals surface area contributed by atoms with Gasteiger partial charge in [0, 0.05) is 32.6 Å². The molecule has 0 unspecified atom stereocenters. The predicted octanol–water partition coefficient (Wildman–Crippen LogP) is 2.17. The molecule has 1 saturated heterocycles. The van der Waals surface area contributed by atoms with E-state index >= 15 is 0 Å². The Morgan fingerprint density at radius 3 is 2.26 bits per heavy atom. The van der Waals surface area contributed by atoms with E-state index in [1.165, 1.54) is 30.6 Å². The maximum Gasteiger partial charge on any atom is 0.407 e. The van der Waals surface area contributed by atoms with Gasteiger partial charge in [-0.1, -0.05) is 25.7 Å². The van der Waals surface area contributed by atoms with E-state index in [9.17, 15) is 9.59 Å². The van der Waals surface area contributed by atoms with Crippen LogP contribution in [0.4, 0.5) is 4.79 Å². The SMILES string of the molecule is O=C(O)N1CCCN(C(=O)CCC2CCCC2)CC1. The second-order valence-corrected chi connectivity index (χ2v) is 5.69. The summed E-state index contributed by atoms with van der Waals surface area (Å²) in [5, 5.41) is 8.96. The Morgan fingerprint density at radius 2 is 1.58 bits per heavy atom. The first-order valence-electron chi connectivity index (χ1n) is 7.42. The van der Waals surface area contributed by atoms with Crippen molar-refractivity contribution < 1.29 is 14.7 Å². The van der Waals surface area contributed by atoms with Gasteiger partial charge in [-0.2, -0.15) is 0 Å². The molecular weight excluding hydrogens is 244 g/mol. The molecule has 0 bridgehead atoms. The number of hydrogen-bond donors (Lipinski definition) is 1. The Labute approximate surface area is 114 Å². The molecule has 2 rings (SSSR count). The number of rotatable bonds is 3. The van der Waals surface area contributed by atoms with E-state index in [1.807, 2.05) is 4.90 Å². The van der Waals surface area contributed by atoms with Crippen molar-refractivity contribution >= 4 is 12.0 Å². The molecule has 1 aliphatic heterocycles. The molecule has 0 radical (unpaired) electrons. The average molecular weight is 268 g/mol. The zero-order valence-electron chi connectivity index (χ0n) is 11.5. The van der Waals surface area contributed by atoms with Crippen molar-refractivity contribution in [2.75, 3.05) is 26.2 Å². The molecule has 0 aromatic rings. The van der Waals surface area contributed by atoms with Gasteiger partial charge in [0.15, 0.2) is 0 Å². The molecule has 108 valence electrons. The number of nitrogens with zero attached hydrogens (tertiary/aromatic N) is 2. The third-order valence-corrected chi connectivity index (χ3v) is 4.36. The summed E-state index contributed by atoms with van der Waals surface area (Å²) in [5.74, 6) is 0.950. The Bertz CT molecular complexity index is 327. The van der Waals surface area contributed by atoms with Crippen LogP contribution in [0.3, 0.4) is 0 Å². The normalized spacial score (nSPS) is 21.5. The van der Waals surface area contributed by atoms with Crippen LogP contribution in [0.1, 0.15) is 44.9 Å². The van der Waals surface area contributed by atoms with Crippen LogP contribution >= 0.6 is 0 Å². The van der Waals surface area contributed by atoms with Crippen molar-refractivity contribution in [2.45, 2.75) is 44.9 Å². The summed E-state index contributed by atoms with van der Waals surface area (Å²) in [5.41, 5.74) is 0. The fourth-order valence-electron chi connectivity index (χ4n) is 3.14. The average Bonchev–Trinajstić information content (AvgIpc) is 2.77. The standard InChI is InChI=1S/C14H24N2O3/c17-13(7-6-12-4-1-2-5-12)15-8-3-9-16(11-10-15)14(18)19/h12H,1-11H2,(H,18,19). The molecule has 1 heterocycles. The minimum atomic E-state index is -0.875. The van der Waals surface area contributed by atoms with Crippen LogP contribution in [0, 0.1) is 5.92 Å². The van der Waals surface area contributed by atoms with Gasteiger partial charge in [0.25, 0.3) is 0 Å². The van der Waals surface area contributed by atoms with E-state index in [4.69, 9.17) is 5.11 Å². The first-order valence-corrected chi connectivity index (χ1v) is 7.42. The molecule has 5 heteroatoms. The van der Waals surface area contributed by atoms with Gasteiger partial charge >= 0.3 is 6.09 Å². The van der Waals surface area contributed by atoms with Gasteiger partial charge in [-0.05, 0) is 18.8 Å². The quantitative estimate of drug-likeness (QED) is 0.853. The third kappa shape index (κ3) is 4.11. The highest BCUT2D eigenvalue weighted by Crippen LogP contribution is 2.28. The van der Waals surface area contributed by atoms with Crippen LogP contribution in [-0.2, 0) is 4.79 Å². The maximum atomic E-state index is 12.1. The molecule has 1 saturated carbocycles. The third-order valence-electron chi connectivity index (χ3n) is 4.36. The highest BCUT2D eigenvalue weighted by Gasteiger charge is 2.22. The molecule has 0 atom stereocenters. The second kappa shape index (κ2) is 6.78. The molecule has 2 fully saturated rings. The van der Waals surface area contributed by atoms with Crippen LogP contribution in [0.2, 0.25) is 0 Å². The first-order chi connectivity index (χ1) is 9.16. The van der Waals surface area contributed by atoms with E-state index in [0.29, 0.717) is 32.6 Å². The van der Waals surface area contributed by atoms with E-state index < -0.39 is 6.09 Å². The van der Waals surface area contributed by atoms with Crippen molar-refractivity contribution in [3.8, 4) is 0 Å². The van der Waals surface area contributed by atoms with Gasteiger partial charge in [0.05, 0.1) is 0 Å². The lowest BCUT2D eigenvalue weighted by Crippen LogP contribution is -2.36. The van der Waals surface area contributed by atoms with Crippen LogP contribution in [0.5, 0.6) is 0 Å². The fourth-order valence-corrected chi connectivity index (χ4v) is 3.14. The lowest BCUT2D eigenvalue weighted by atomic mass is 10.0. The molecule has 0 aromatic carbocycles. The van der Waals surface area contributed by atoms with Crippen molar-refractivity contribution in [1.82, 2.24) is 9.80 Å². The number of carbonyl (C=O) groups is 2. The fraction of sp³-hybridized carbons (Fsp3) is 0.857. The number of hydrogen-bond acceptors (Lipinski definition) is 2. The highest BCUT2D eigenvalue weighted by atomic mass is 16.4. The first kappa shape index (κ1) is 14.2. The van der Waals surface area contributed by atoms with Crippen LogP contribution in [0.25, 0.3) is 0 Å². The molecule has 0 spiro atoms. The molecule has 19 heavy (non-hydrogen) atoms. The topological polar surface area (TPSA) is 60.9 Å². The number of carbonyl (C=O) groups excluding carboxylic acids is 1. The Hall–Kier alpha value is -1.26.